The fourth-order valence-electron chi connectivity index (χ4n) is 1.64. The molecule has 0 aliphatic heterocycles. The highest BCUT2D eigenvalue weighted by Crippen LogP contribution is 2.41. The second kappa shape index (κ2) is 5.00. The molecule has 0 aliphatic carbocycles. The zero-order chi connectivity index (χ0) is 13.1. The van der Waals surface area contributed by atoms with Crippen LogP contribution in [-0.4, -0.2) is 14.2 Å². The molecular formula is C12H13F2NO2. The molecule has 1 aromatic rings. The molecule has 1 aromatic carbocycles. The lowest BCUT2D eigenvalue weighted by molar-refractivity contribution is -0.00141. The molecule has 0 radical (unpaired) electrons. The Morgan fingerprint density at radius 1 is 1.29 bits per heavy atom. The Labute approximate surface area is 98.6 Å². The predicted molar refractivity (Wildman–Crippen MR) is 58.4 cm³/mol. The van der Waals surface area contributed by atoms with Gasteiger partial charge in [-0.1, -0.05) is 0 Å². The molecule has 0 aliphatic rings. The minimum absolute atomic E-state index is 0.0598. The van der Waals surface area contributed by atoms with Crippen LogP contribution >= 0.6 is 0 Å². The Hall–Kier alpha value is -1.83. The summed E-state index contributed by atoms with van der Waals surface area (Å²) in [6, 6.07) is 4.14. The number of methoxy groups -OCH3 is 2. The molecule has 17 heavy (non-hydrogen) atoms. The zero-order valence-electron chi connectivity index (χ0n) is 9.88. The van der Waals surface area contributed by atoms with Gasteiger partial charge in [-0.2, -0.15) is 5.26 Å². The molecule has 3 nitrogen and oxygen atoms in total. The number of benzene rings is 1. The van der Waals surface area contributed by atoms with Gasteiger partial charge >= 0.3 is 0 Å². The molecule has 1 rings (SSSR count). The van der Waals surface area contributed by atoms with E-state index in [0.717, 1.165) is 0 Å². The molecule has 0 heterocycles. The molecule has 92 valence electrons. The van der Waals surface area contributed by atoms with Gasteiger partial charge in [-0.25, -0.2) is 8.78 Å². The number of hydrogen-bond donors (Lipinski definition) is 0. The topological polar surface area (TPSA) is 42.2 Å². The second-order valence-corrected chi connectivity index (χ2v) is 3.51. The van der Waals surface area contributed by atoms with Gasteiger partial charge in [0.25, 0.3) is 5.92 Å². The van der Waals surface area contributed by atoms with Crippen molar-refractivity contribution in [2.45, 2.75) is 19.3 Å². The number of ether oxygens (including phenoxy) is 2. The quantitative estimate of drug-likeness (QED) is 0.813. The fraction of sp³-hybridized carbons (Fsp3) is 0.417. The van der Waals surface area contributed by atoms with Crippen LogP contribution in [0.1, 0.15) is 17.5 Å². The molecular weight excluding hydrogens is 228 g/mol. The van der Waals surface area contributed by atoms with Gasteiger partial charge in [0.15, 0.2) is 0 Å². The van der Waals surface area contributed by atoms with Crippen molar-refractivity contribution in [2.75, 3.05) is 14.2 Å². The van der Waals surface area contributed by atoms with Crippen molar-refractivity contribution < 1.29 is 18.3 Å². The van der Waals surface area contributed by atoms with Gasteiger partial charge in [0.2, 0.25) is 0 Å². The summed E-state index contributed by atoms with van der Waals surface area (Å²) < 4.78 is 37.4. The summed E-state index contributed by atoms with van der Waals surface area (Å²) in [7, 11) is 2.77. The first-order valence-corrected chi connectivity index (χ1v) is 4.94. The summed E-state index contributed by atoms with van der Waals surface area (Å²) >= 11 is 0. The maximum atomic E-state index is 13.7. The summed E-state index contributed by atoms with van der Waals surface area (Å²) in [5, 5.41) is 8.40. The molecule has 0 saturated carbocycles. The average Bonchev–Trinajstić information content (AvgIpc) is 2.28. The zero-order valence-corrected chi connectivity index (χ0v) is 9.88. The number of rotatable bonds is 4. The Morgan fingerprint density at radius 3 is 2.41 bits per heavy atom. The van der Waals surface area contributed by atoms with E-state index in [1.54, 1.807) is 6.92 Å². The molecule has 0 bridgehead atoms. The van der Waals surface area contributed by atoms with Crippen LogP contribution in [0.3, 0.4) is 0 Å². The highest BCUT2D eigenvalue weighted by molar-refractivity contribution is 5.51. The van der Waals surface area contributed by atoms with Crippen molar-refractivity contribution in [1.82, 2.24) is 0 Å². The van der Waals surface area contributed by atoms with Crippen LogP contribution in [0.4, 0.5) is 8.78 Å². The summed E-state index contributed by atoms with van der Waals surface area (Å²) in [5.74, 6) is -2.69. The van der Waals surface area contributed by atoms with Crippen LogP contribution in [-0.2, 0) is 5.92 Å². The van der Waals surface area contributed by atoms with E-state index < -0.39 is 12.3 Å². The molecule has 0 saturated heterocycles. The van der Waals surface area contributed by atoms with Crippen LogP contribution in [0.2, 0.25) is 0 Å². The molecule has 0 fully saturated rings. The largest absolute Gasteiger partial charge is 0.496 e. The van der Waals surface area contributed by atoms with E-state index in [1.807, 2.05) is 0 Å². The molecule has 0 unspecified atom stereocenters. The van der Waals surface area contributed by atoms with Crippen molar-refractivity contribution in [3.8, 4) is 17.6 Å². The third kappa shape index (κ3) is 2.47. The monoisotopic (exact) mass is 241 g/mol. The van der Waals surface area contributed by atoms with Gasteiger partial charge in [-0.05, 0) is 19.1 Å². The first-order chi connectivity index (χ1) is 7.97. The lowest BCUT2D eigenvalue weighted by atomic mass is 10.0. The third-order valence-corrected chi connectivity index (χ3v) is 2.48. The first kappa shape index (κ1) is 13.2. The molecule has 0 amide bonds. The van der Waals surface area contributed by atoms with Crippen molar-refractivity contribution >= 4 is 0 Å². The maximum absolute atomic E-state index is 13.7. The van der Waals surface area contributed by atoms with Crippen LogP contribution in [0, 0.1) is 18.3 Å². The highest BCUT2D eigenvalue weighted by Gasteiger charge is 2.35. The van der Waals surface area contributed by atoms with Gasteiger partial charge in [-0.3, -0.25) is 0 Å². The predicted octanol–water partition coefficient (Wildman–Crippen LogP) is 3.02. The minimum atomic E-state index is -3.23. The van der Waals surface area contributed by atoms with Gasteiger partial charge in [0.1, 0.15) is 17.9 Å². The minimum Gasteiger partial charge on any atom is -0.496 e. The first-order valence-electron chi connectivity index (χ1n) is 4.94. The highest BCUT2D eigenvalue weighted by atomic mass is 19.3. The lowest BCUT2D eigenvalue weighted by Crippen LogP contribution is -2.14. The molecule has 0 aromatic heterocycles. The third-order valence-electron chi connectivity index (χ3n) is 2.48. The van der Waals surface area contributed by atoms with Gasteiger partial charge in [-0.15, -0.1) is 0 Å². The maximum Gasteiger partial charge on any atom is 0.289 e. The van der Waals surface area contributed by atoms with Crippen molar-refractivity contribution in [1.29, 1.82) is 5.26 Å². The van der Waals surface area contributed by atoms with E-state index in [9.17, 15) is 8.78 Å². The van der Waals surface area contributed by atoms with E-state index >= 15 is 0 Å². The lowest BCUT2D eigenvalue weighted by Gasteiger charge is -2.19. The number of alkyl halides is 2. The van der Waals surface area contributed by atoms with Crippen molar-refractivity contribution in [3.63, 3.8) is 0 Å². The number of nitriles is 1. The molecule has 0 atom stereocenters. The van der Waals surface area contributed by atoms with Crippen molar-refractivity contribution in [2.24, 2.45) is 0 Å². The summed E-state index contributed by atoms with van der Waals surface area (Å²) in [6.07, 6.45) is -0.880. The second-order valence-electron chi connectivity index (χ2n) is 3.51. The summed E-state index contributed by atoms with van der Waals surface area (Å²) in [5.41, 5.74) is 0.199. The average molecular weight is 241 g/mol. The number of nitrogens with zero attached hydrogens (tertiary/aromatic N) is 1. The van der Waals surface area contributed by atoms with Crippen LogP contribution in [0.25, 0.3) is 0 Å². The Bertz CT molecular complexity index is 453. The number of hydrogen-bond acceptors (Lipinski definition) is 3. The van der Waals surface area contributed by atoms with E-state index in [0.29, 0.717) is 11.3 Å². The Morgan fingerprint density at radius 2 is 1.94 bits per heavy atom. The van der Waals surface area contributed by atoms with E-state index in [-0.39, 0.29) is 11.3 Å². The molecule has 0 spiro atoms. The van der Waals surface area contributed by atoms with Crippen LogP contribution in [0.5, 0.6) is 11.5 Å². The SMILES string of the molecule is COc1ccc(C(F)(F)CC#N)c(OC)c1C. The van der Waals surface area contributed by atoms with Gasteiger partial charge in [0.05, 0.1) is 25.9 Å². The van der Waals surface area contributed by atoms with Crippen LogP contribution < -0.4 is 9.47 Å². The smallest absolute Gasteiger partial charge is 0.289 e. The van der Waals surface area contributed by atoms with E-state index in [4.69, 9.17) is 14.7 Å². The normalized spacial score (nSPS) is 10.8. The van der Waals surface area contributed by atoms with Gasteiger partial charge < -0.3 is 9.47 Å². The molecule has 5 heteroatoms. The Kier molecular flexibility index (Phi) is 3.89. The van der Waals surface area contributed by atoms with E-state index in [2.05, 4.69) is 0 Å². The van der Waals surface area contributed by atoms with Gasteiger partial charge in [0, 0.05) is 5.56 Å². The van der Waals surface area contributed by atoms with Crippen molar-refractivity contribution in [3.05, 3.63) is 23.3 Å². The summed E-state index contributed by atoms with van der Waals surface area (Å²) in [6.45, 7) is 1.63. The molecule has 0 N–H and O–H groups in total. The summed E-state index contributed by atoms with van der Waals surface area (Å²) in [4.78, 5) is 0. The van der Waals surface area contributed by atoms with E-state index in [1.165, 1.54) is 32.4 Å². The fourth-order valence-corrected chi connectivity index (χ4v) is 1.64. The van der Waals surface area contributed by atoms with Crippen LogP contribution in [0.15, 0.2) is 12.1 Å². The number of halogens is 2. The standard InChI is InChI=1S/C12H13F2NO2/c1-8-10(16-2)5-4-9(11(8)17-3)12(13,14)6-7-15/h4-5H,6H2,1-3H3. The Balaban J connectivity index is 3.36.